The maximum atomic E-state index is 13.3. The minimum atomic E-state index is -3.82. The van der Waals surface area contributed by atoms with Crippen LogP contribution in [0.2, 0.25) is 0 Å². The molecule has 1 aromatic rings. The molecule has 0 N–H and O–H groups in total. The van der Waals surface area contributed by atoms with E-state index in [0.717, 1.165) is 32.0 Å². The van der Waals surface area contributed by atoms with Crippen LogP contribution in [0, 0.1) is 10.1 Å². The van der Waals surface area contributed by atoms with E-state index in [-0.39, 0.29) is 34.6 Å². The lowest BCUT2D eigenvalue weighted by Crippen LogP contribution is -2.50. The highest BCUT2D eigenvalue weighted by atomic mass is 32.2. The lowest BCUT2D eigenvalue weighted by Gasteiger charge is -2.38. The maximum Gasteiger partial charge on any atom is 0.273 e. The molecule has 0 aliphatic carbocycles. The van der Waals surface area contributed by atoms with Crippen LogP contribution >= 0.6 is 0 Å². The van der Waals surface area contributed by atoms with Gasteiger partial charge >= 0.3 is 0 Å². The number of hydrogen-bond donors (Lipinski definition) is 0. The smallest absolute Gasteiger partial charge is 0.273 e. The molecule has 0 bridgehead atoms. The molecule has 3 atom stereocenters. The summed E-state index contributed by atoms with van der Waals surface area (Å²) in [5.41, 5.74) is -0.204. The van der Waals surface area contributed by atoms with Crippen LogP contribution in [0.15, 0.2) is 23.1 Å². The van der Waals surface area contributed by atoms with Crippen molar-refractivity contribution in [1.29, 1.82) is 0 Å². The molecular weight excluding hydrogens is 386 g/mol. The first-order chi connectivity index (χ1) is 13.2. The zero-order chi connectivity index (χ0) is 20.5. The summed E-state index contributed by atoms with van der Waals surface area (Å²) in [7, 11) is -2.51. The Hall–Kier alpha value is -1.75. The molecule has 2 heterocycles. The average Bonchev–Trinajstić information content (AvgIpc) is 3.09. The Bertz CT molecular complexity index is 821. The molecule has 0 radical (unpaired) electrons. The minimum Gasteiger partial charge on any atom is -0.495 e. The second kappa shape index (κ2) is 8.32. The fourth-order valence-electron chi connectivity index (χ4n) is 4.15. The van der Waals surface area contributed by atoms with Gasteiger partial charge in [0.05, 0.1) is 30.3 Å². The van der Waals surface area contributed by atoms with E-state index >= 15 is 0 Å². The van der Waals surface area contributed by atoms with Gasteiger partial charge in [-0.05, 0) is 32.8 Å². The van der Waals surface area contributed by atoms with Crippen molar-refractivity contribution in [2.45, 2.75) is 49.8 Å². The van der Waals surface area contributed by atoms with Crippen molar-refractivity contribution < 1.29 is 22.8 Å². The molecule has 10 heteroatoms. The first-order valence-electron chi connectivity index (χ1n) is 9.44. The number of morpholine rings is 1. The zero-order valence-corrected chi connectivity index (χ0v) is 17.2. The number of nitro groups is 1. The summed E-state index contributed by atoms with van der Waals surface area (Å²) in [4.78, 5) is 12.6. The van der Waals surface area contributed by atoms with Gasteiger partial charge in [-0.3, -0.25) is 15.0 Å². The van der Waals surface area contributed by atoms with Gasteiger partial charge in [-0.25, -0.2) is 8.42 Å². The third-order valence-corrected chi connectivity index (χ3v) is 7.22. The fourth-order valence-corrected chi connectivity index (χ4v) is 5.97. The zero-order valence-electron chi connectivity index (χ0n) is 16.4. The first kappa shape index (κ1) is 21.0. The number of ether oxygens (including phenoxy) is 2. The molecule has 0 aromatic heterocycles. The molecular formula is C18H27N3O6S. The van der Waals surface area contributed by atoms with Crippen molar-refractivity contribution in [3.8, 4) is 5.75 Å². The third-order valence-electron chi connectivity index (χ3n) is 5.23. The molecule has 3 unspecified atom stereocenters. The van der Waals surface area contributed by atoms with Crippen LogP contribution in [-0.4, -0.2) is 74.1 Å². The molecule has 2 fully saturated rings. The Morgan fingerprint density at radius 2 is 1.96 bits per heavy atom. The van der Waals surface area contributed by atoms with Crippen LogP contribution in [0.25, 0.3) is 0 Å². The molecule has 1 aromatic carbocycles. The summed E-state index contributed by atoms with van der Waals surface area (Å²) in [6, 6.07) is 3.48. The van der Waals surface area contributed by atoms with Crippen molar-refractivity contribution in [1.82, 2.24) is 9.21 Å². The average molecular weight is 413 g/mol. The number of benzene rings is 1. The molecule has 2 saturated heterocycles. The predicted molar refractivity (Wildman–Crippen MR) is 103 cm³/mol. The molecule has 0 saturated carbocycles. The number of nitrogens with zero attached hydrogens (tertiary/aromatic N) is 3. The Balaban J connectivity index is 1.83. The number of methoxy groups -OCH3 is 1. The van der Waals surface area contributed by atoms with Gasteiger partial charge in [0.2, 0.25) is 10.0 Å². The molecule has 2 aliphatic heterocycles. The van der Waals surface area contributed by atoms with Crippen molar-refractivity contribution >= 4 is 15.7 Å². The molecule has 2 aliphatic rings. The van der Waals surface area contributed by atoms with E-state index in [2.05, 4.69) is 4.90 Å². The van der Waals surface area contributed by atoms with Crippen LogP contribution in [0.3, 0.4) is 0 Å². The van der Waals surface area contributed by atoms with Crippen LogP contribution in [-0.2, 0) is 14.8 Å². The first-order valence-corrected chi connectivity index (χ1v) is 10.9. The Morgan fingerprint density at radius 1 is 1.29 bits per heavy atom. The normalized spacial score (nSPS) is 27.0. The summed E-state index contributed by atoms with van der Waals surface area (Å²) >= 11 is 0. The van der Waals surface area contributed by atoms with E-state index in [9.17, 15) is 18.5 Å². The largest absolute Gasteiger partial charge is 0.495 e. The second-order valence-corrected chi connectivity index (χ2v) is 9.34. The summed E-state index contributed by atoms with van der Waals surface area (Å²) in [5, 5.41) is 11.0. The Labute approximate surface area is 165 Å². The van der Waals surface area contributed by atoms with Crippen molar-refractivity contribution in [3.63, 3.8) is 0 Å². The van der Waals surface area contributed by atoms with Crippen LogP contribution in [0.1, 0.15) is 26.7 Å². The van der Waals surface area contributed by atoms with Crippen molar-refractivity contribution in [2.75, 3.05) is 33.3 Å². The van der Waals surface area contributed by atoms with E-state index in [1.807, 2.05) is 13.8 Å². The molecule has 156 valence electrons. The fraction of sp³-hybridized carbons (Fsp3) is 0.667. The number of nitro benzene ring substituents is 1. The molecule has 9 nitrogen and oxygen atoms in total. The van der Waals surface area contributed by atoms with Crippen LogP contribution in [0.4, 0.5) is 5.69 Å². The van der Waals surface area contributed by atoms with Crippen molar-refractivity contribution in [2.24, 2.45) is 0 Å². The van der Waals surface area contributed by atoms with Gasteiger partial charge in [0.25, 0.3) is 5.69 Å². The maximum absolute atomic E-state index is 13.3. The quantitative estimate of drug-likeness (QED) is 0.518. The summed E-state index contributed by atoms with van der Waals surface area (Å²) in [5.74, 6) is -0.00605. The highest BCUT2D eigenvalue weighted by Gasteiger charge is 2.38. The predicted octanol–water partition coefficient (Wildman–Crippen LogP) is 1.87. The Morgan fingerprint density at radius 3 is 2.57 bits per heavy atom. The lowest BCUT2D eigenvalue weighted by atomic mass is 10.1. The van der Waals surface area contributed by atoms with E-state index < -0.39 is 14.9 Å². The van der Waals surface area contributed by atoms with Gasteiger partial charge in [-0.2, -0.15) is 4.31 Å². The summed E-state index contributed by atoms with van der Waals surface area (Å²) in [6.07, 6.45) is 1.80. The van der Waals surface area contributed by atoms with E-state index in [1.54, 1.807) is 0 Å². The Kier molecular flexibility index (Phi) is 6.23. The summed E-state index contributed by atoms with van der Waals surface area (Å²) < 4.78 is 39.1. The van der Waals surface area contributed by atoms with E-state index in [4.69, 9.17) is 9.47 Å². The SMILES string of the molecule is COc1cc([N+](=O)[O-])ccc1S(=O)(=O)N1CCCC1CN1CC(C)OC(C)C1. The van der Waals surface area contributed by atoms with E-state index in [1.165, 1.54) is 23.5 Å². The summed E-state index contributed by atoms with van der Waals surface area (Å²) in [6.45, 7) is 6.67. The van der Waals surface area contributed by atoms with Crippen molar-refractivity contribution in [3.05, 3.63) is 28.3 Å². The van der Waals surface area contributed by atoms with Crippen LogP contribution < -0.4 is 4.74 Å². The highest BCUT2D eigenvalue weighted by Crippen LogP contribution is 2.34. The van der Waals surface area contributed by atoms with Gasteiger partial charge in [-0.1, -0.05) is 0 Å². The van der Waals surface area contributed by atoms with Gasteiger partial charge in [-0.15, -0.1) is 0 Å². The van der Waals surface area contributed by atoms with Gasteiger partial charge < -0.3 is 9.47 Å². The molecule has 28 heavy (non-hydrogen) atoms. The minimum absolute atomic E-state index is 0.00605. The lowest BCUT2D eigenvalue weighted by molar-refractivity contribution is -0.385. The van der Waals surface area contributed by atoms with Gasteiger partial charge in [0.15, 0.2) is 0 Å². The van der Waals surface area contributed by atoms with Crippen LogP contribution in [0.5, 0.6) is 5.75 Å². The number of non-ortho nitro benzene ring substituents is 1. The number of hydrogen-bond acceptors (Lipinski definition) is 7. The molecule has 0 spiro atoms. The molecule has 3 rings (SSSR count). The number of sulfonamides is 1. The van der Waals surface area contributed by atoms with Gasteiger partial charge in [0, 0.05) is 38.3 Å². The highest BCUT2D eigenvalue weighted by molar-refractivity contribution is 7.89. The standard InChI is InChI=1S/C18H27N3O6S/c1-13-10-19(11-14(2)27-13)12-16-5-4-8-20(16)28(24,25)18-7-6-15(21(22)23)9-17(18)26-3/h6-7,9,13-14,16H,4-5,8,10-12H2,1-3H3. The number of rotatable bonds is 6. The molecule has 0 amide bonds. The monoisotopic (exact) mass is 413 g/mol. The topological polar surface area (TPSA) is 102 Å². The van der Waals surface area contributed by atoms with Gasteiger partial charge in [0.1, 0.15) is 10.6 Å². The second-order valence-electron chi connectivity index (χ2n) is 7.48. The third kappa shape index (κ3) is 4.29. The van der Waals surface area contributed by atoms with E-state index in [0.29, 0.717) is 13.1 Å².